The summed E-state index contributed by atoms with van der Waals surface area (Å²) >= 11 is 5.82. The summed E-state index contributed by atoms with van der Waals surface area (Å²) in [4.78, 5) is 19.7. The maximum atomic E-state index is 12.1. The molecule has 1 amide bonds. The SMILES string of the molecule is C[C@H](Oc1ccc(Cl)cc1)C(=O)NCc1nc2ccccc2[nH]1. The van der Waals surface area contributed by atoms with E-state index < -0.39 is 6.10 Å². The molecule has 1 heterocycles. The average Bonchev–Trinajstić information content (AvgIpc) is 2.97. The Hall–Kier alpha value is -2.53. The first-order valence-electron chi connectivity index (χ1n) is 7.25. The first-order chi connectivity index (χ1) is 11.1. The van der Waals surface area contributed by atoms with E-state index in [4.69, 9.17) is 16.3 Å². The first-order valence-corrected chi connectivity index (χ1v) is 7.63. The van der Waals surface area contributed by atoms with Gasteiger partial charge in [-0.15, -0.1) is 0 Å². The van der Waals surface area contributed by atoms with Crippen molar-refractivity contribution in [1.82, 2.24) is 15.3 Å². The standard InChI is InChI=1S/C17H16ClN3O2/c1-11(23-13-8-6-12(18)7-9-13)17(22)19-10-16-20-14-4-2-3-5-15(14)21-16/h2-9,11H,10H2,1H3,(H,19,22)(H,20,21)/t11-/m0/s1. The molecule has 0 aliphatic rings. The van der Waals surface area contributed by atoms with E-state index in [2.05, 4.69) is 15.3 Å². The Bertz CT molecular complexity index is 781. The molecule has 1 aromatic heterocycles. The zero-order chi connectivity index (χ0) is 16.2. The molecule has 0 spiro atoms. The maximum Gasteiger partial charge on any atom is 0.261 e. The molecule has 5 nitrogen and oxygen atoms in total. The lowest BCUT2D eigenvalue weighted by Crippen LogP contribution is -2.36. The van der Waals surface area contributed by atoms with E-state index in [0.717, 1.165) is 11.0 Å². The molecule has 0 unspecified atom stereocenters. The van der Waals surface area contributed by atoms with Gasteiger partial charge in [0.25, 0.3) is 5.91 Å². The molecule has 3 rings (SSSR count). The van der Waals surface area contributed by atoms with Gasteiger partial charge in [-0.2, -0.15) is 0 Å². The Labute approximate surface area is 138 Å². The fourth-order valence-corrected chi connectivity index (χ4v) is 2.30. The van der Waals surface area contributed by atoms with Crippen molar-refractivity contribution < 1.29 is 9.53 Å². The Morgan fingerprint density at radius 2 is 2.00 bits per heavy atom. The van der Waals surface area contributed by atoms with E-state index in [-0.39, 0.29) is 5.91 Å². The highest BCUT2D eigenvalue weighted by Gasteiger charge is 2.15. The van der Waals surface area contributed by atoms with Crippen LogP contribution in [0.4, 0.5) is 0 Å². The van der Waals surface area contributed by atoms with Crippen LogP contribution in [0.15, 0.2) is 48.5 Å². The van der Waals surface area contributed by atoms with Crippen molar-refractivity contribution in [2.45, 2.75) is 19.6 Å². The van der Waals surface area contributed by atoms with Crippen LogP contribution in [0, 0.1) is 0 Å². The van der Waals surface area contributed by atoms with Gasteiger partial charge >= 0.3 is 0 Å². The molecule has 3 aromatic rings. The molecule has 118 valence electrons. The molecule has 0 saturated heterocycles. The van der Waals surface area contributed by atoms with Crippen molar-refractivity contribution in [3.05, 3.63) is 59.4 Å². The van der Waals surface area contributed by atoms with Gasteiger partial charge in [-0.1, -0.05) is 23.7 Å². The summed E-state index contributed by atoms with van der Waals surface area (Å²) in [7, 11) is 0. The van der Waals surface area contributed by atoms with Crippen molar-refractivity contribution in [1.29, 1.82) is 0 Å². The molecule has 2 aromatic carbocycles. The van der Waals surface area contributed by atoms with Crippen molar-refractivity contribution >= 4 is 28.5 Å². The molecule has 0 aliphatic heterocycles. The number of aromatic nitrogens is 2. The third-order valence-electron chi connectivity index (χ3n) is 3.36. The van der Waals surface area contributed by atoms with Crippen molar-refractivity contribution in [3.63, 3.8) is 0 Å². The fourth-order valence-electron chi connectivity index (χ4n) is 2.17. The summed E-state index contributed by atoms with van der Waals surface area (Å²) < 4.78 is 5.58. The zero-order valence-corrected chi connectivity index (χ0v) is 13.3. The number of nitrogens with zero attached hydrogens (tertiary/aromatic N) is 1. The molecule has 1 atom stereocenters. The molecule has 0 saturated carbocycles. The number of amides is 1. The second kappa shape index (κ2) is 6.71. The molecule has 6 heteroatoms. The highest BCUT2D eigenvalue weighted by atomic mass is 35.5. The van der Waals surface area contributed by atoms with Gasteiger partial charge in [0.1, 0.15) is 11.6 Å². The van der Waals surface area contributed by atoms with E-state index in [1.165, 1.54) is 0 Å². The molecule has 0 fully saturated rings. The number of halogens is 1. The van der Waals surface area contributed by atoms with Gasteiger partial charge in [0.05, 0.1) is 17.6 Å². The van der Waals surface area contributed by atoms with Crippen molar-refractivity contribution in [2.75, 3.05) is 0 Å². The van der Waals surface area contributed by atoms with E-state index in [9.17, 15) is 4.79 Å². The lowest BCUT2D eigenvalue weighted by atomic mass is 10.3. The normalized spacial score (nSPS) is 12.1. The summed E-state index contributed by atoms with van der Waals surface area (Å²) in [6, 6.07) is 14.6. The van der Waals surface area contributed by atoms with E-state index in [1.807, 2.05) is 24.3 Å². The molecule has 2 N–H and O–H groups in total. The smallest absolute Gasteiger partial charge is 0.261 e. The van der Waals surface area contributed by atoms with E-state index in [0.29, 0.717) is 23.1 Å². The second-order valence-corrected chi connectivity index (χ2v) is 5.57. The van der Waals surface area contributed by atoms with Gasteiger partial charge in [-0.05, 0) is 43.3 Å². The number of fused-ring (bicyclic) bond motifs is 1. The van der Waals surface area contributed by atoms with Crippen molar-refractivity contribution in [3.8, 4) is 5.75 Å². The monoisotopic (exact) mass is 329 g/mol. The minimum Gasteiger partial charge on any atom is -0.481 e. The number of benzene rings is 2. The largest absolute Gasteiger partial charge is 0.481 e. The van der Waals surface area contributed by atoms with Gasteiger partial charge in [-0.3, -0.25) is 4.79 Å². The number of rotatable bonds is 5. The lowest BCUT2D eigenvalue weighted by molar-refractivity contribution is -0.127. The highest BCUT2D eigenvalue weighted by Crippen LogP contribution is 2.17. The van der Waals surface area contributed by atoms with Gasteiger partial charge < -0.3 is 15.0 Å². The lowest BCUT2D eigenvalue weighted by Gasteiger charge is -2.14. The summed E-state index contributed by atoms with van der Waals surface area (Å²) in [5.41, 5.74) is 1.82. The topological polar surface area (TPSA) is 67.0 Å². The van der Waals surface area contributed by atoms with Crippen molar-refractivity contribution in [2.24, 2.45) is 0 Å². The number of carbonyl (C=O) groups is 1. The summed E-state index contributed by atoms with van der Waals surface area (Å²) in [6.45, 7) is 2.02. The third kappa shape index (κ3) is 3.81. The number of H-pyrrole nitrogens is 1. The van der Waals surface area contributed by atoms with E-state index in [1.54, 1.807) is 31.2 Å². The molecular formula is C17H16ClN3O2. The third-order valence-corrected chi connectivity index (χ3v) is 3.62. The predicted octanol–water partition coefficient (Wildman–Crippen LogP) is 3.30. The Morgan fingerprint density at radius 1 is 1.26 bits per heavy atom. The highest BCUT2D eigenvalue weighted by molar-refractivity contribution is 6.30. The van der Waals surface area contributed by atoms with Gasteiger partial charge in [0.15, 0.2) is 6.10 Å². The summed E-state index contributed by atoms with van der Waals surface area (Å²) in [6.07, 6.45) is -0.611. The minimum atomic E-state index is -0.611. The summed E-state index contributed by atoms with van der Waals surface area (Å²) in [5, 5.41) is 3.43. The number of hydrogen-bond acceptors (Lipinski definition) is 3. The molecule has 0 aliphatic carbocycles. The number of ether oxygens (including phenoxy) is 1. The zero-order valence-electron chi connectivity index (χ0n) is 12.5. The van der Waals surface area contributed by atoms with Crippen LogP contribution in [0.5, 0.6) is 5.75 Å². The van der Waals surface area contributed by atoms with Crippen LogP contribution in [-0.4, -0.2) is 22.0 Å². The minimum absolute atomic E-state index is 0.208. The van der Waals surface area contributed by atoms with Crippen LogP contribution in [0.3, 0.4) is 0 Å². The quantitative estimate of drug-likeness (QED) is 0.754. The molecule has 0 bridgehead atoms. The number of para-hydroxylation sites is 2. The molecular weight excluding hydrogens is 314 g/mol. The van der Waals surface area contributed by atoms with E-state index >= 15 is 0 Å². The number of aromatic amines is 1. The molecule has 0 radical (unpaired) electrons. The maximum absolute atomic E-state index is 12.1. The fraction of sp³-hybridized carbons (Fsp3) is 0.176. The van der Waals surface area contributed by atoms with Crippen LogP contribution in [0.2, 0.25) is 5.02 Å². The average molecular weight is 330 g/mol. The Kier molecular flexibility index (Phi) is 4.48. The first kappa shape index (κ1) is 15.4. The van der Waals surface area contributed by atoms with Gasteiger partial charge in [0.2, 0.25) is 0 Å². The Morgan fingerprint density at radius 3 is 2.74 bits per heavy atom. The van der Waals surface area contributed by atoms with Crippen LogP contribution in [-0.2, 0) is 11.3 Å². The number of nitrogens with one attached hydrogen (secondary N) is 2. The summed E-state index contributed by atoms with van der Waals surface area (Å²) in [5.74, 6) is 1.10. The Balaban J connectivity index is 1.56. The van der Waals surface area contributed by atoms with Crippen LogP contribution in [0.1, 0.15) is 12.7 Å². The van der Waals surface area contributed by atoms with Crippen LogP contribution >= 0.6 is 11.6 Å². The molecule has 23 heavy (non-hydrogen) atoms. The van der Waals surface area contributed by atoms with Crippen LogP contribution in [0.25, 0.3) is 11.0 Å². The van der Waals surface area contributed by atoms with Gasteiger partial charge in [0, 0.05) is 5.02 Å². The van der Waals surface area contributed by atoms with Gasteiger partial charge in [-0.25, -0.2) is 4.98 Å². The number of imidazole rings is 1. The number of carbonyl (C=O) groups excluding carboxylic acids is 1. The predicted molar refractivity (Wildman–Crippen MR) is 89.5 cm³/mol. The van der Waals surface area contributed by atoms with Crippen LogP contribution < -0.4 is 10.1 Å². The second-order valence-electron chi connectivity index (χ2n) is 5.13. The number of hydrogen-bond donors (Lipinski definition) is 2.